The van der Waals surface area contributed by atoms with Crippen LogP contribution in [0.5, 0.6) is 0 Å². The highest BCUT2D eigenvalue weighted by molar-refractivity contribution is 5.83. The normalized spacial score (nSPS) is 13.1. The zero-order valence-electron chi connectivity index (χ0n) is 9.33. The quantitative estimate of drug-likeness (QED) is 0.521. The Morgan fingerprint density at radius 3 is 2.27 bits per heavy atom. The number of carbonyl (C=O) groups excluding carboxylic acids is 1. The Morgan fingerprint density at radius 1 is 1.40 bits per heavy atom. The van der Waals surface area contributed by atoms with Crippen molar-refractivity contribution >= 4 is 12.0 Å². The van der Waals surface area contributed by atoms with Gasteiger partial charge in [0.05, 0.1) is 0 Å². The summed E-state index contributed by atoms with van der Waals surface area (Å²) in [6.45, 7) is 5.88. The Kier molecular flexibility index (Phi) is 5.07. The predicted molar refractivity (Wildman–Crippen MR) is 56.5 cm³/mol. The van der Waals surface area contributed by atoms with Crippen LogP contribution in [-0.2, 0) is 4.79 Å². The molecule has 0 radical (unpaired) electrons. The summed E-state index contributed by atoms with van der Waals surface area (Å²) in [6, 6.07) is -1.43. The standard InChI is InChI=1S/C9H19N3O3/c1-9(2,3)6(7(13)14)12-8(15)11-5-4-10/h6H,4-5,10H2,1-3H3,(H,13,14)(H2,11,12,15). The van der Waals surface area contributed by atoms with Crippen LogP contribution in [-0.4, -0.2) is 36.2 Å². The Bertz CT molecular complexity index is 235. The smallest absolute Gasteiger partial charge is 0.326 e. The lowest BCUT2D eigenvalue weighted by Crippen LogP contribution is -2.52. The van der Waals surface area contributed by atoms with Crippen LogP contribution in [0.1, 0.15) is 20.8 Å². The summed E-state index contributed by atoms with van der Waals surface area (Å²) in [7, 11) is 0. The average Bonchev–Trinajstić information content (AvgIpc) is 2.08. The molecule has 0 aliphatic rings. The molecule has 0 saturated heterocycles. The number of amides is 2. The van der Waals surface area contributed by atoms with Crippen LogP contribution < -0.4 is 16.4 Å². The highest BCUT2D eigenvalue weighted by Crippen LogP contribution is 2.19. The Labute approximate surface area is 89.2 Å². The second-order valence-corrected chi connectivity index (χ2v) is 4.33. The van der Waals surface area contributed by atoms with Crippen molar-refractivity contribution in [2.75, 3.05) is 13.1 Å². The molecule has 6 heteroatoms. The molecule has 15 heavy (non-hydrogen) atoms. The first-order valence-corrected chi connectivity index (χ1v) is 4.76. The van der Waals surface area contributed by atoms with Crippen LogP contribution in [0, 0.1) is 5.41 Å². The number of hydrogen-bond acceptors (Lipinski definition) is 3. The van der Waals surface area contributed by atoms with Gasteiger partial charge >= 0.3 is 12.0 Å². The van der Waals surface area contributed by atoms with Crippen LogP contribution in [0.3, 0.4) is 0 Å². The lowest BCUT2D eigenvalue weighted by atomic mass is 9.87. The number of urea groups is 1. The number of carbonyl (C=O) groups is 2. The van der Waals surface area contributed by atoms with E-state index in [0.29, 0.717) is 13.1 Å². The second-order valence-electron chi connectivity index (χ2n) is 4.33. The number of carboxylic acids is 1. The minimum atomic E-state index is -1.05. The van der Waals surface area contributed by atoms with Crippen LogP contribution in [0.4, 0.5) is 4.79 Å². The zero-order valence-corrected chi connectivity index (χ0v) is 9.33. The first kappa shape index (κ1) is 13.7. The molecule has 0 bridgehead atoms. The fourth-order valence-corrected chi connectivity index (χ4v) is 1.02. The van der Waals surface area contributed by atoms with E-state index in [1.165, 1.54) is 0 Å². The molecule has 0 aromatic carbocycles. The molecular formula is C9H19N3O3. The SMILES string of the molecule is CC(C)(C)C(NC(=O)NCCN)C(=O)O. The van der Waals surface area contributed by atoms with Gasteiger partial charge in [-0.2, -0.15) is 0 Å². The summed E-state index contributed by atoms with van der Waals surface area (Å²) in [4.78, 5) is 22.1. The number of rotatable bonds is 4. The minimum absolute atomic E-state index is 0.320. The molecule has 0 rings (SSSR count). The van der Waals surface area contributed by atoms with Crippen molar-refractivity contribution in [2.45, 2.75) is 26.8 Å². The third-order valence-electron chi connectivity index (χ3n) is 1.82. The molecule has 1 unspecified atom stereocenters. The molecule has 0 heterocycles. The fraction of sp³-hybridized carbons (Fsp3) is 0.778. The van der Waals surface area contributed by atoms with E-state index in [2.05, 4.69) is 10.6 Å². The molecule has 88 valence electrons. The highest BCUT2D eigenvalue weighted by Gasteiger charge is 2.32. The van der Waals surface area contributed by atoms with Crippen molar-refractivity contribution < 1.29 is 14.7 Å². The maximum atomic E-state index is 11.2. The number of nitrogens with two attached hydrogens (primary N) is 1. The van der Waals surface area contributed by atoms with Gasteiger partial charge in [0.1, 0.15) is 6.04 Å². The topological polar surface area (TPSA) is 104 Å². The van der Waals surface area contributed by atoms with E-state index in [1.807, 2.05) is 0 Å². The molecule has 1 atom stereocenters. The minimum Gasteiger partial charge on any atom is -0.480 e. The summed E-state index contributed by atoms with van der Waals surface area (Å²) in [5.41, 5.74) is 4.66. The molecule has 0 spiro atoms. The van der Waals surface area contributed by atoms with Gasteiger partial charge in [-0.15, -0.1) is 0 Å². The lowest BCUT2D eigenvalue weighted by molar-refractivity contribution is -0.141. The Balaban J connectivity index is 4.31. The van der Waals surface area contributed by atoms with Crippen LogP contribution in [0.25, 0.3) is 0 Å². The van der Waals surface area contributed by atoms with Gasteiger partial charge < -0.3 is 21.5 Å². The monoisotopic (exact) mass is 217 g/mol. The van der Waals surface area contributed by atoms with Gasteiger partial charge in [-0.25, -0.2) is 9.59 Å². The van der Waals surface area contributed by atoms with E-state index >= 15 is 0 Å². The Morgan fingerprint density at radius 2 is 1.93 bits per heavy atom. The molecule has 0 aromatic heterocycles. The van der Waals surface area contributed by atoms with Gasteiger partial charge in [-0.3, -0.25) is 0 Å². The third kappa shape index (κ3) is 5.21. The van der Waals surface area contributed by atoms with Gasteiger partial charge in [0, 0.05) is 13.1 Å². The maximum absolute atomic E-state index is 11.2. The average molecular weight is 217 g/mol. The summed E-state index contributed by atoms with van der Waals surface area (Å²) < 4.78 is 0. The van der Waals surface area contributed by atoms with E-state index in [1.54, 1.807) is 20.8 Å². The largest absolute Gasteiger partial charge is 0.480 e. The molecule has 5 N–H and O–H groups in total. The van der Waals surface area contributed by atoms with Crippen molar-refractivity contribution in [3.63, 3.8) is 0 Å². The summed E-state index contributed by atoms with van der Waals surface area (Å²) in [6.07, 6.45) is 0. The van der Waals surface area contributed by atoms with E-state index in [4.69, 9.17) is 10.8 Å². The van der Waals surface area contributed by atoms with Crippen molar-refractivity contribution in [3.05, 3.63) is 0 Å². The predicted octanol–water partition coefficient (Wildman–Crippen LogP) is -0.256. The van der Waals surface area contributed by atoms with E-state index in [0.717, 1.165) is 0 Å². The number of nitrogens with one attached hydrogen (secondary N) is 2. The Hall–Kier alpha value is -1.30. The maximum Gasteiger partial charge on any atom is 0.326 e. The van der Waals surface area contributed by atoms with E-state index in [9.17, 15) is 9.59 Å². The van der Waals surface area contributed by atoms with Gasteiger partial charge in [0.25, 0.3) is 0 Å². The van der Waals surface area contributed by atoms with Gasteiger partial charge in [0.2, 0.25) is 0 Å². The van der Waals surface area contributed by atoms with Crippen molar-refractivity contribution in [3.8, 4) is 0 Å². The molecule has 6 nitrogen and oxygen atoms in total. The fourth-order valence-electron chi connectivity index (χ4n) is 1.02. The molecule has 0 aromatic rings. The highest BCUT2D eigenvalue weighted by atomic mass is 16.4. The summed E-state index contributed by atoms with van der Waals surface area (Å²) in [5, 5.41) is 13.8. The third-order valence-corrected chi connectivity index (χ3v) is 1.82. The molecule has 0 saturated carbocycles. The van der Waals surface area contributed by atoms with Crippen molar-refractivity contribution in [1.29, 1.82) is 0 Å². The number of hydrogen-bond donors (Lipinski definition) is 4. The molecule has 2 amide bonds. The van der Waals surface area contributed by atoms with Gasteiger partial charge in [-0.05, 0) is 5.41 Å². The summed E-state index contributed by atoms with van der Waals surface area (Å²) in [5.74, 6) is -1.05. The van der Waals surface area contributed by atoms with Gasteiger partial charge in [-0.1, -0.05) is 20.8 Å². The molecule has 0 aliphatic heterocycles. The molecule has 0 aliphatic carbocycles. The first-order chi connectivity index (χ1) is 6.79. The van der Waals surface area contributed by atoms with Crippen molar-refractivity contribution in [2.24, 2.45) is 11.1 Å². The number of aliphatic carboxylic acids is 1. The molecule has 0 fully saturated rings. The number of carboxylic acid groups (broad SMARTS) is 1. The van der Waals surface area contributed by atoms with Crippen LogP contribution >= 0.6 is 0 Å². The van der Waals surface area contributed by atoms with Crippen LogP contribution in [0.15, 0.2) is 0 Å². The zero-order chi connectivity index (χ0) is 12.1. The van der Waals surface area contributed by atoms with E-state index < -0.39 is 23.5 Å². The van der Waals surface area contributed by atoms with E-state index in [-0.39, 0.29) is 0 Å². The van der Waals surface area contributed by atoms with Gasteiger partial charge in [0.15, 0.2) is 0 Å². The lowest BCUT2D eigenvalue weighted by Gasteiger charge is -2.27. The molecular weight excluding hydrogens is 198 g/mol. The van der Waals surface area contributed by atoms with Crippen LogP contribution in [0.2, 0.25) is 0 Å². The van der Waals surface area contributed by atoms with Crippen molar-refractivity contribution in [1.82, 2.24) is 10.6 Å². The second kappa shape index (κ2) is 5.55. The first-order valence-electron chi connectivity index (χ1n) is 4.76. The summed E-state index contributed by atoms with van der Waals surface area (Å²) >= 11 is 0.